The lowest BCUT2D eigenvalue weighted by Gasteiger charge is -2.22. The Kier molecular flexibility index (Phi) is 15.3. The van der Waals surface area contributed by atoms with Crippen molar-refractivity contribution in [3.63, 3.8) is 0 Å². The zero-order valence-corrected chi connectivity index (χ0v) is 48.3. The molecule has 71 heavy (non-hydrogen) atoms. The van der Waals surface area contributed by atoms with Crippen LogP contribution in [-0.2, 0) is 6.54 Å². The third-order valence-corrected chi connectivity index (χ3v) is 22.5. The number of hydrogen-bond donors (Lipinski definition) is 0. The van der Waals surface area contributed by atoms with Crippen LogP contribution in [0.5, 0.6) is 0 Å². The summed E-state index contributed by atoms with van der Waals surface area (Å²) in [6.45, 7) is 19.4. The highest BCUT2D eigenvalue weighted by atomic mass is 32.1. The number of aromatic nitrogens is 5. The molecule has 0 amide bonds. The van der Waals surface area contributed by atoms with E-state index in [2.05, 4.69) is 117 Å². The van der Waals surface area contributed by atoms with Gasteiger partial charge in [-0.2, -0.15) is 17.5 Å². The van der Waals surface area contributed by atoms with Crippen LogP contribution in [0.15, 0.2) is 60.7 Å². The maximum absolute atomic E-state index is 5.01. The van der Waals surface area contributed by atoms with E-state index < -0.39 is 0 Å². The summed E-state index contributed by atoms with van der Waals surface area (Å²) in [6, 6.07) is 23.8. The highest BCUT2D eigenvalue weighted by Crippen LogP contribution is 2.50. The van der Waals surface area contributed by atoms with E-state index in [0.717, 1.165) is 54.8 Å². The summed E-state index contributed by atoms with van der Waals surface area (Å²) in [5.41, 5.74) is 11.4. The van der Waals surface area contributed by atoms with Gasteiger partial charge in [-0.05, 0) is 74.4 Å². The summed E-state index contributed by atoms with van der Waals surface area (Å²) in [6.07, 6.45) is 14.7. The van der Waals surface area contributed by atoms with Crippen molar-refractivity contribution in [2.24, 2.45) is 5.92 Å². The highest BCUT2D eigenvalue weighted by molar-refractivity contribution is 7.32. The van der Waals surface area contributed by atoms with Gasteiger partial charge in [-0.15, -0.1) is 68.0 Å². The third kappa shape index (κ3) is 9.64. The minimum atomic E-state index is 0.613. The molecule has 11 rings (SSSR count). The molecule has 0 aliphatic carbocycles. The molecule has 370 valence electrons. The Morgan fingerprint density at radius 1 is 0.437 bits per heavy atom. The zero-order valence-electron chi connectivity index (χ0n) is 41.8. The first-order chi connectivity index (χ1) is 34.9. The first-order valence-corrected chi connectivity index (χ1v) is 32.4. The van der Waals surface area contributed by atoms with E-state index in [0.29, 0.717) is 5.92 Å². The van der Waals surface area contributed by atoms with Gasteiger partial charge in [0.1, 0.15) is 22.1 Å². The zero-order chi connectivity index (χ0) is 48.6. The maximum atomic E-state index is 5.01. The van der Waals surface area contributed by atoms with Crippen LogP contribution in [0.4, 0.5) is 10.0 Å². The number of rotatable bonds is 24. The Morgan fingerprint density at radius 2 is 0.803 bits per heavy atom. The molecule has 0 saturated heterocycles. The van der Waals surface area contributed by atoms with Crippen molar-refractivity contribution in [2.45, 2.75) is 125 Å². The molecule has 11 aromatic rings. The molecule has 2 aromatic carbocycles. The van der Waals surface area contributed by atoms with Crippen LogP contribution in [-0.4, -0.2) is 48.2 Å². The third-order valence-electron chi connectivity index (χ3n) is 14.2. The van der Waals surface area contributed by atoms with Crippen LogP contribution >= 0.6 is 91.5 Å². The van der Waals surface area contributed by atoms with Gasteiger partial charge >= 0.3 is 0 Å². The fourth-order valence-corrected chi connectivity index (χ4v) is 18.7. The summed E-state index contributed by atoms with van der Waals surface area (Å²) < 4.78 is 30.8. The number of nitrogens with zero attached hydrogens (tertiary/aromatic N) is 7. The fraction of sp³-hybridized carbons (Fsp3) is 0.429. The fourth-order valence-electron chi connectivity index (χ4n) is 10.1. The molecule has 7 nitrogen and oxygen atoms in total. The van der Waals surface area contributed by atoms with Crippen LogP contribution in [0.1, 0.15) is 119 Å². The molecule has 0 aliphatic heterocycles. The van der Waals surface area contributed by atoms with E-state index in [1.54, 1.807) is 0 Å². The summed E-state index contributed by atoms with van der Waals surface area (Å²) in [5, 5.41) is 2.82. The molecule has 0 spiro atoms. The van der Waals surface area contributed by atoms with E-state index in [4.69, 9.17) is 17.5 Å². The average Bonchev–Trinajstić information content (AvgIpc) is 4.23. The molecule has 15 heteroatoms. The van der Waals surface area contributed by atoms with E-state index in [1.165, 1.54) is 192 Å². The van der Waals surface area contributed by atoms with Crippen molar-refractivity contribution in [3.8, 4) is 41.8 Å². The first kappa shape index (κ1) is 49.4. The van der Waals surface area contributed by atoms with Gasteiger partial charge in [0.05, 0.1) is 53.9 Å². The number of hydrogen-bond acceptors (Lipinski definition) is 14. The van der Waals surface area contributed by atoms with Gasteiger partial charge in [-0.3, -0.25) is 0 Å². The molecule has 0 aliphatic rings. The van der Waals surface area contributed by atoms with E-state index in [1.807, 2.05) is 68.0 Å². The molecule has 0 N–H and O–H groups in total. The minimum absolute atomic E-state index is 0.613. The Morgan fingerprint density at radius 3 is 1.15 bits per heavy atom. The molecule has 0 radical (unpaired) electrons. The second kappa shape index (κ2) is 22.0. The Labute approximate surface area is 450 Å². The highest BCUT2D eigenvalue weighted by Gasteiger charge is 2.25. The molecular weight excluding hydrogens is 1030 g/mol. The monoisotopic (exact) mass is 1090 g/mol. The van der Waals surface area contributed by atoms with Crippen molar-refractivity contribution in [1.29, 1.82) is 0 Å². The summed E-state index contributed by atoms with van der Waals surface area (Å²) >= 11 is 14.2. The summed E-state index contributed by atoms with van der Waals surface area (Å²) in [5.74, 6) is 0.613. The second-order valence-electron chi connectivity index (χ2n) is 19.2. The molecule has 0 fully saturated rings. The normalized spacial score (nSPS) is 12.7. The standard InChI is InChI=1S/C56H63N7S8/c1-7-13-18-34(12-6)33-63-39-27-41(35-19-21-37(53-51(35)57-70-59-53)43-29-45-47(64-43)31-49(66-45)61(23-14-8-2)24-15-9-3)68-55(39)56-40(63)28-42(69-56)36-20-22-38(54-52(36)58-71-60-54)44-30-46-48(65-44)32-50(67-46)62(25-16-10-4)26-17-11-5/h19-22,27-32,34H,7-18,23-26,33H2,1-6H3. The molecule has 1 atom stereocenters. The van der Waals surface area contributed by atoms with Gasteiger partial charge in [-0.25, -0.2) is 0 Å². The lowest BCUT2D eigenvalue weighted by Crippen LogP contribution is -2.24. The van der Waals surface area contributed by atoms with Crippen molar-refractivity contribution < 1.29 is 0 Å². The molecule has 9 aromatic heterocycles. The molecule has 9 heterocycles. The van der Waals surface area contributed by atoms with Crippen molar-refractivity contribution >= 4 is 163 Å². The lowest BCUT2D eigenvalue weighted by molar-refractivity contribution is 0.401. The van der Waals surface area contributed by atoms with Crippen LogP contribution in [0.25, 0.3) is 103 Å². The van der Waals surface area contributed by atoms with Gasteiger partial charge in [-0.1, -0.05) is 111 Å². The van der Waals surface area contributed by atoms with E-state index in [-0.39, 0.29) is 0 Å². The molecule has 0 saturated carbocycles. The number of benzene rings is 2. The number of anilines is 2. The number of unbranched alkanes of at least 4 members (excludes halogenated alkanes) is 5. The smallest absolute Gasteiger partial charge is 0.114 e. The van der Waals surface area contributed by atoms with Crippen molar-refractivity contribution in [3.05, 3.63) is 60.7 Å². The maximum Gasteiger partial charge on any atom is 0.114 e. The first-order valence-electron chi connectivity index (χ1n) is 26.1. The number of thiophene rings is 6. The van der Waals surface area contributed by atoms with Crippen LogP contribution in [0.2, 0.25) is 0 Å². The minimum Gasteiger partial charge on any atom is -0.363 e. The van der Waals surface area contributed by atoms with Crippen LogP contribution in [0.3, 0.4) is 0 Å². The Hall–Kier alpha value is -3.80. The van der Waals surface area contributed by atoms with E-state index in [9.17, 15) is 0 Å². The number of fused-ring (bicyclic) bond motifs is 7. The molecule has 0 bridgehead atoms. The SMILES string of the molecule is CCCCC(CC)Cn1c2cc(-c3ccc(-c4cc5sc(N(CCCC)CCCC)cc5s4)c4nsnc34)sc2c2sc(-c3ccc(-c4cc5sc(N(CCCC)CCCC)cc5s4)c4nsnc34)cc21. The summed E-state index contributed by atoms with van der Waals surface area (Å²) in [7, 11) is 0. The van der Waals surface area contributed by atoms with Gasteiger partial charge in [0.25, 0.3) is 0 Å². The molecule has 1 unspecified atom stereocenters. The summed E-state index contributed by atoms with van der Waals surface area (Å²) in [4.78, 5) is 10.3. The quantitative estimate of drug-likeness (QED) is 0.0601. The van der Waals surface area contributed by atoms with Gasteiger partial charge in [0.15, 0.2) is 0 Å². The predicted octanol–water partition coefficient (Wildman–Crippen LogP) is 20.2. The van der Waals surface area contributed by atoms with Crippen molar-refractivity contribution in [1.82, 2.24) is 22.1 Å². The Bertz CT molecular complexity index is 3260. The second-order valence-corrected chi connectivity index (χ2v) is 26.6. The lowest BCUT2D eigenvalue weighted by atomic mass is 9.99. The van der Waals surface area contributed by atoms with Crippen molar-refractivity contribution in [2.75, 3.05) is 36.0 Å². The topological polar surface area (TPSA) is 63.0 Å². The van der Waals surface area contributed by atoms with Crippen LogP contribution in [0, 0.1) is 5.92 Å². The van der Waals surface area contributed by atoms with E-state index >= 15 is 0 Å². The Balaban J connectivity index is 0.937. The largest absolute Gasteiger partial charge is 0.363 e. The molecular formula is C56H63N7S8. The predicted molar refractivity (Wildman–Crippen MR) is 323 cm³/mol. The van der Waals surface area contributed by atoms with Gasteiger partial charge < -0.3 is 14.4 Å². The van der Waals surface area contributed by atoms with Gasteiger partial charge in [0, 0.05) is 93.3 Å². The van der Waals surface area contributed by atoms with Gasteiger partial charge in [0.2, 0.25) is 0 Å². The van der Waals surface area contributed by atoms with Crippen LogP contribution < -0.4 is 9.80 Å². The average molecular weight is 1090 g/mol.